The maximum Gasteiger partial charge on any atom is 0.339 e. The second kappa shape index (κ2) is 6.33. The first-order chi connectivity index (χ1) is 15.6. The van der Waals surface area contributed by atoms with E-state index in [1.165, 1.54) is 7.11 Å². The predicted octanol–water partition coefficient (Wildman–Crippen LogP) is 2.99. The van der Waals surface area contributed by atoms with Crippen LogP contribution in [0.5, 0.6) is 0 Å². The zero-order valence-corrected chi connectivity index (χ0v) is 19.5. The van der Waals surface area contributed by atoms with Crippen LogP contribution in [-0.2, 0) is 21.4 Å². The number of piperidine rings is 1. The minimum absolute atomic E-state index is 0.0351. The molecule has 174 valence electrons. The molecule has 6 aliphatic rings. The van der Waals surface area contributed by atoms with Gasteiger partial charge in [0.15, 0.2) is 5.78 Å². The number of hydrogen-bond donors (Lipinski definition) is 1. The summed E-state index contributed by atoms with van der Waals surface area (Å²) in [6.45, 7) is 6.95. The van der Waals surface area contributed by atoms with Crippen molar-refractivity contribution in [1.82, 2.24) is 4.90 Å². The van der Waals surface area contributed by atoms with E-state index in [1.54, 1.807) is 19.3 Å². The lowest BCUT2D eigenvalue weighted by Crippen LogP contribution is -2.67. The van der Waals surface area contributed by atoms with Crippen LogP contribution in [0.1, 0.15) is 72.1 Å². The van der Waals surface area contributed by atoms with Gasteiger partial charge in [-0.15, -0.1) is 0 Å². The Morgan fingerprint density at radius 2 is 2.06 bits per heavy atom. The van der Waals surface area contributed by atoms with Crippen LogP contribution in [0, 0.1) is 11.8 Å². The Morgan fingerprint density at radius 1 is 1.30 bits per heavy atom. The summed E-state index contributed by atoms with van der Waals surface area (Å²) in [6.07, 6.45) is 3.53. The van der Waals surface area contributed by atoms with E-state index < -0.39 is 28.3 Å². The second-order valence-electron chi connectivity index (χ2n) is 10.8. The molecule has 0 radical (unpaired) electrons. The number of carbonyl (C=O) groups excluding carboxylic acids is 3. The van der Waals surface area contributed by atoms with Gasteiger partial charge in [-0.25, -0.2) is 4.79 Å². The van der Waals surface area contributed by atoms with Crippen molar-refractivity contribution in [2.45, 2.75) is 63.0 Å². The van der Waals surface area contributed by atoms with E-state index in [4.69, 9.17) is 9.15 Å². The van der Waals surface area contributed by atoms with Gasteiger partial charge in [0.1, 0.15) is 17.1 Å². The second-order valence-corrected chi connectivity index (χ2v) is 10.8. The van der Waals surface area contributed by atoms with Gasteiger partial charge in [0.25, 0.3) is 0 Å². The molecule has 7 nitrogen and oxygen atoms in total. The minimum Gasteiger partial charge on any atom is -0.469 e. The molecule has 1 N–H and O–H groups in total. The average Bonchev–Trinajstić information content (AvgIpc) is 3.16. The third-order valence-electron chi connectivity index (χ3n) is 9.50. The van der Waals surface area contributed by atoms with E-state index in [9.17, 15) is 19.5 Å². The molecule has 5 unspecified atom stereocenters. The highest BCUT2D eigenvalue weighted by Gasteiger charge is 2.72. The molecule has 2 fully saturated rings. The zero-order valence-electron chi connectivity index (χ0n) is 19.5. The highest BCUT2D eigenvalue weighted by Crippen LogP contribution is 2.66. The zero-order chi connectivity index (χ0) is 23.5. The Labute approximate surface area is 192 Å². The van der Waals surface area contributed by atoms with Crippen molar-refractivity contribution in [2.24, 2.45) is 11.8 Å². The molecule has 5 atom stereocenters. The van der Waals surface area contributed by atoms with Crippen LogP contribution in [0.4, 0.5) is 0 Å². The lowest BCUT2D eigenvalue weighted by molar-refractivity contribution is -0.129. The number of carbonyl (C=O) groups is 3. The first-order valence-electron chi connectivity index (χ1n) is 11.8. The largest absolute Gasteiger partial charge is 0.469 e. The lowest BCUT2D eigenvalue weighted by atomic mass is 9.57. The fourth-order valence-electron chi connectivity index (χ4n) is 7.98. The third kappa shape index (κ3) is 2.21. The number of rotatable bonds is 3. The average molecular weight is 452 g/mol. The molecule has 0 aromatic carbocycles. The molecule has 2 bridgehead atoms. The van der Waals surface area contributed by atoms with Crippen LogP contribution < -0.4 is 0 Å². The van der Waals surface area contributed by atoms with Crippen LogP contribution in [0.3, 0.4) is 0 Å². The number of aryl methyl sites for hydroxylation is 1. The van der Waals surface area contributed by atoms with Crippen LogP contribution in [0.25, 0.3) is 11.1 Å². The summed E-state index contributed by atoms with van der Waals surface area (Å²) in [5.41, 5.74) is -0.293. The third-order valence-corrected chi connectivity index (χ3v) is 9.50. The Kier molecular flexibility index (Phi) is 4.04. The fourth-order valence-corrected chi connectivity index (χ4v) is 7.98. The lowest BCUT2D eigenvalue weighted by Gasteiger charge is -2.55. The summed E-state index contributed by atoms with van der Waals surface area (Å²) in [7, 11) is 1.31. The quantitative estimate of drug-likeness (QED) is 0.717. The van der Waals surface area contributed by atoms with Crippen molar-refractivity contribution in [2.75, 3.05) is 20.2 Å². The summed E-state index contributed by atoms with van der Waals surface area (Å²) in [4.78, 5) is 42.5. The van der Waals surface area contributed by atoms with Gasteiger partial charge < -0.3 is 14.3 Å². The van der Waals surface area contributed by atoms with Crippen LogP contribution in [0.2, 0.25) is 0 Å². The summed E-state index contributed by atoms with van der Waals surface area (Å²) in [6, 6.07) is 1.73. The normalized spacial score (nSPS) is 36.7. The highest BCUT2D eigenvalue weighted by molar-refractivity contribution is 6.18. The van der Waals surface area contributed by atoms with E-state index in [0.29, 0.717) is 18.5 Å². The standard InChI is InChI=1S/C26H29NO6/c1-13-10-27-11-15-5-6-17-18-16(7-8-33-17)19(23(30)32-4)20-21(18)24(15,3)25(27,9-14(2)28)12-26(13,31)22(20)29/h7-8,13,15,31H,5-6,9-12H2,1-4H3. The maximum absolute atomic E-state index is 14.3. The molecule has 33 heavy (non-hydrogen) atoms. The van der Waals surface area contributed by atoms with Crippen molar-refractivity contribution in [1.29, 1.82) is 0 Å². The van der Waals surface area contributed by atoms with Crippen molar-refractivity contribution >= 4 is 17.5 Å². The summed E-state index contributed by atoms with van der Waals surface area (Å²) in [5.74, 6) is -0.416. The number of ether oxygens (including phenoxy) is 1. The van der Waals surface area contributed by atoms with Crippen LogP contribution >= 0.6 is 0 Å². The Hall–Kier alpha value is -2.51. The first kappa shape index (κ1) is 21.1. The van der Waals surface area contributed by atoms with E-state index in [1.807, 2.05) is 6.92 Å². The minimum atomic E-state index is -1.67. The van der Waals surface area contributed by atoms with Crippen molar-refractivity contribution in [3.05, 3.63) is 34.8 Å². The molecule has 0 spiro atoms. The van der Waals surface area contributed by atoms with E-state index in [2.05, 4.69) is 11.8 Å². The topological polar surface area (TPSA) is 97.0 Å². The number of methoxy groups -OCH3 is 1. The molecule has 7 heteroatoms. The molecule has 2 saturated heterocycles. The molecule has 0 amide bonds. The smallest absolute Gasteiger partial charge is 0.339 e. The van der Waals surface area contributed by atoms with Gasteiger partial charge in [0.05, 0.1) is 18.9 Å². The molecule has 0 saturated carbocycles. The van der Waals surface area contributed by atoms with Crippen molar-refractivity contribution in [3.63, 3.8) is 0 Å². The monoisotopic (exact) mass is 451 g/mol. The molecule has 0 aromatic heterocycles. The van der Waals surface area contributed by atoms with Crippen LogP contribution in [0.15, 0.2) is 16.7 Å². The van der Waals surface area contributed by atoms with Gasteiger partial charge in [-0.1, -0.05) is 13.8 Å². The number of fused-ring (bicyclic) bond motifs is 1. The maximum atomic E-state index is 14.3. The molecule has 6 rings (SSSR count). The molecule has 3 aliphatic carbocycles. The molecule has 3 heterocycles. The fraction of sp³-hybridized carbons (Fsp3) is 0.577. The van der Waals surface area contributed by atoms with Gasteiger partial charge >= 0.3 is 5.97 Å². The van der Waals surface area contributed by atoms with E-state index in [-0.39, 0.29) is 41.6 Å². The molecular weight excluding hydrogens is 422 g/mol. The predicted molar refractivity (Wildman–Crippen MR) is 118 cm³/mol. The Bertz CT molecular complexity index is 1210. The van der Waals surface area contributed by atoms with Gasteiger partial charge in [-0.2, -0.15) is 0 Å². The number of ketones is 2. The number of Topliss-reactive ketones (excluding diaryl/α,β-unsaturated/α-hetero) is 2. The van der Waals surface area contributed by atoms with Crippen molar-refractivity contribution in [3.8, 4) is 11.1 Å². The number of nitrogens with zero attached hydrogens (tertiary/aromatic N) is 1. The first-order valence-corrected chi connectivity index (χ1v) is 11.8. The molecule has 0 aromatic rings. The van der Waals surface area contributed by atoms with E-state index in [0.717, 1.165) is 29.9 Å². The summed E-state index contributed by atoms with van der Waals surface area (Å²) in [5, 5.41) is 12.0. The van der Waals surface area contributed by atoms with Crippen LogP contribution in [-0.4, -0.2) is 58.9 Å². The van der Waals surface area contributed by atoms with Gasteiger partial charge in [-0.05, 0) is 30.9 Å². The Balaban J connectivity index is 1.82. The van der Waals surface area contributed by atoms with Gasteiger partial charge in [0, 0.05) is 65.9 Å². The highest BCUT2D eigenvalue weighted by atomic mass is 16.5. The SMILES string of the molecule is COC(=O)c1c2ccoc3c-2c2c1C(=O)C1(O)CC4(CC(C)=O)N(CC1C)CC(CC3)C24C. The Morgan fingerprint density at radius 3 is 2.76 bits per heavy atom. The van der Waals surface area contributed by atoms with E-state index >= 15 is 0 Å². The summed E-state index contributed by atoms with van der Waals surface area (Å²) < 4.78 is 11.1. The van der Waals surface area contributed by atoms with Crippen molar-refractivity contribution < 1.29 is 28.6 Å². The van der Waals surface area contributed by atoms with Gasteiger partial charge in [-0.3, -0.25) is 14.5 Å². The molecular formula is C26H29NO6. The van der Waals surface area contributed by atoms with Gasteiger partial charge in [0.2, 0.25) is 0 Å². The number of esters is 1. The summed E-state index contributed by atoms with van der Waals surface area (Å²) >= 11 is 0. The number of aliphatic hydroxyl groups is 1. The molecule has 3 aliphatic heterocycles. The number of hydrogen-bond acceptors (Lipinski definition) is 7.